The van der Waals surface area contributed by atoms with E-state index in [1.54, 1.807) is 0 Å². The number of rotatable bonds is 3. The Hall–Kier alpha value is -1.32. The largest absolute Gasteiger partial charge is 0.493 e. The second kappa shape index (κ2) is 5.58. The van der Waals surface area contributed by atoms with Crippen molar-refractivity contribution in [2.24, 2.45) is 0 Å². The average Bonchev–Trinajstić information content (AvgIpc) is 2.85. The zero-order valence-electron chi connectivity index (χ0n) is 11.4. The highest BCUT2D eigenvalue weighted by molar-refractivity contribution is 9.10. The van der Waals surface area contributed by atoms with Gasteiger partial charge in [-0.05, 0) is 30.2 Å². The maximum absolute atomic E-state index is 10.6. The minimum Gasteiger partial charge on any atom is -0.493 e. The number of ether oxygens (including phenoxy) is 1. The van der Waals surface area contributed by atoms with Crippen molar-refractivity contribution in [3.63, 3.8) is 0 Å². The summed E-state index contributed by atoms with van der Waals surface area (Å²) in [5.41, 5.74) is 4.42. The number of aliphatic hydroxyl groups excluding tert-OH is 1. The van der Waals surface area contributed by atoms with Crippen LogP contribution in [0.3, 0.4) is 0 Å². The van der Waals surface area contributed by atoms with Gasteiger partial charge < -0.3 is 9.84 Å². The van der Waals surface area contributed by atoms with Crippen LogP contribution in [-0.4, -0.2) is 11.7 Å². The van der Waals surface area contributed by atoms with Crippen LogP contribution in [0.4, 0.5) is 0 Å². The van der Waals surface area contributed by atoms with E-state index in [0.717, 1.165) is 27.8 Å². The zero-order chi connectivity index (χ0) is 14.1. The highest BCUT2D eigenvalue weighted by Crippen LogP contribution is 2.37. The molecule has 1 aliphatic heterocycles. The van der Waals surface area contributed by atoms with E-state index in [2.05, 4.69) is 47.1 Å². The second-order valence-corrected chi connectivity index (χ2v) is 6.21. The molecule has 0 aromatic heterocycles. The van der Waals surface area contributed by atoms with E-state index >= 15 is 0 Å². The van der Waals surface area contributed by atoms with Gasteiger partial charge in [0, 0.05) is 22.9 Å². The van der Waals surface area contributed by atoms with Crippen molar-refractivity contribution in [2.45, 2.75) is 25.9 Å². The first-order chi connectivity index (χ1) is 9.63. The quantitative estimate of drug-likeness (QED) is 0.921. The molecular weight excluding hydrogens is 316 g/mol. The molecular formula is C17H17BrO2. The van der Waals surface area contributed by atoms with Gasteiger partial charge in [-0.2, -0.15) is 0 Å². The first kappa shape index (κ1) is 13.7. The summed E-state index contributed by atoms with van der Waals surface area (Å²) in [6.07, 6.45) is 0.980. The molecule has 1 heterocycles. The fraction of sp³-hybridized carbons (Fsp3) is 0.294. The minimum absolute atomic E-state index is 0.541. The van der Waals surface area contributed by atoms with Crippen molar-refractivity contribution >= 4 is 15.9 Å². The standard InChI is InChI=1S/C17H17BrO2/c1-11-3-2-4-12(7-11)8-16(19)15-10-14(18)9-13-5-6-20-17(13)15/h2-4,7,9-10,16,19H,5-6,8H2,1H3. The van der Waals surface area contributed by atoms with Crippen LogP contribution < -0.4 is 4.74 Å². The molecule has 2 nitrogen and oxygen atoms in total. The lowest BCUT2D eigenvalue weighted by molar-refractivity contribution is 0.173. The van der Waals surface area contributed by atoms with Crippen LogP contribution >= 0.6 is 15.9 Å². The molecule has 3 heteroatoms. The number of aryl methyl sites for hydroxylation is 1. The Labute approximate surface area is 127 Å². The Morgan fingerprint density at radius 3 is 2.95 bits per heavy atom. The molecule has 0 saturated heterocycles. The highest BCUT2D eigenvalue weighted by Gasteiger charge is 2.22. The summed E-state index contributed by atoms with van der Waals surface area (Å²) >= 11 is 3.51. The Balaban J connectivity index is 1.89. The van der Waals surface area contributed by atoms with Crippen molar-refractivity contribution in [1.82, 2.24) is 0 Å². The van der Waals surface area contributed by atoms with Crippen LogP contribution in [0, 0.1) is 6.92 Å². The molecule has 1 atom stereocenters. The van der Waals surface area contributed by atoms with Crippen LogP contribution in [-0.2, 0) is 12.8 Å². The topological polar surface area (TPSA) is 29.5 Å². The fourth-order valence-electron chi connectivity index (χ4n) is 2.72. The van der Waals surface area contributed by atoms with E-state index < -0.39 is 6.10 Å². The molecule has 0 spiro atoms. The summed E-state index contributed by atoms with van der Waals surface area (Å²) in [7, 11) is 0. The van der Waals surface area contributed by atoms with E-state index in [1.807, 2.05) is 12.1 Å². The number of hydrogen-bond acceptors (Lipinski definition) is 2. The summed E-state index contributed by atoms with van der Waals surface area (Å²) in [5, 5.41) is 10.6. The van der Waals surface area contributed by atoms with Gasteiger partial charge in [0.05, 0.1) is 12.7 Å². The Kier molecular flexibility index (Phi) is 3.81. The van der Waals surface area contributed by atoms with Gasteiger partial charge in [0.2, 0.25) is 0 Å². The molecule has 1 N–H and O–H groups in total. The fourth-order valence-corrected chi connectivity index (χ4v) is 3.24. The number of halogens is 1. The Morgan fingerprint density at radius 2 is 2.15 bits per heavy atom. The summed E-state index contributed by atoms with van der Waals surface area (Å²) in [4.78, 5) is 0. The smallest absolute Gasteiger partial charge is 0.128 e. The van der Waals surface area contributed by atoms with Crippen LogP contribution in [0.1, 0.15) is 28.4 Å². The predicted molar refractivity (Wildman–Crippen MR) is 83.2 cm³/mol. The summed E-state index contributed by atoms with van der Waals surface area (Å²) < 4.78 is 6.69. The molecule has 2 aromatic carbocycles. The molecule has 0 amide bonds. The minimum atomic E-state index is -0.541. The first-order valence-electron chi connectivity index (χ1n) is 6.82. The van der Waals surface area contributed by atoms with Crippen LogP contribution in [0.5, 0.6) is 5.75 Å². The average molecular weight is 333 g/mol. The summed E-state index contributed by atoms with van der Waals surface area (Å²) in [5.74, 6) is 0.869. The van der Waals surface area contributed by atoms with E-state index in [0.29, 0.717) is 13.0 Å². The molecule has 2 aromatic rings. The Morgan fingerprint density at radius 1 is 1.30 bits per heavy atom. The van der Waals surface area contributed by atoms with Gasteiger partial charge in [0.15, 0.2) is 0 Å². The third-order valence-corrected chi connectivity index (χ3v) is 4.11. The molecule has 104 valence electrons. The summed E-state index contributed by atoms with van der Waals surface area (Å²) in [6.45, 7) is 2.77. The molecule has 0 aliphatic carbocycles. The Bertz CT molecular complexity index is 637. The highest BCUT2D eigenvalue weighted by atomic mass is 79.9. The van der Waals surface area contributed by atoms with E-state index in [9.17, 15) is 5.11 Å². The van der Waals surface area contributed by atoms with Crippen LogP contribution in [0.2, 0.25) is 0 Å². The predicted octanol–water partition coefficient (Wildman–Crippen LogP) is 3.97. The third kappa shape index (κ3) is 2.74. The molecule has 0 bridgehead atoms. The van der Waals surface area contributed by atoms with Crippen molar-refractivity contribution < 1.29 is 9.84 Å². The molecule has 0 radical (unpaired) electrons. The normalized spacial score (nSPS) is 14.8. The lowest BCUT2D eigenvalue weighted by Crippen LogP contribution is -2.04. The van der Waals surface area contributed by atoms with Crippen molar-refractivity contribution in [2.75, 3.05) is 6.61 Å². The first-order valence-corrected chi connectivity index (χ1v) is 7.61. The maximum atomic E-state index is 10.6. The maximum Gasteiger partial charge on any atom is 0.128 e. The number of hydrogen-bond donors (Lipinski definition) is 1. The molecule has 20 heavy (non-hydrogen) atoms. The van der Waals surface area contributed by atoms with Crippen molar-refractivity contribution in [1.29, 1.82) is 0 Å². The zero-order valence-corrected chi connectivity index (χ0v) is 13.0. The summed E-state index contributed by atoms with van der Waals surface area (Å²) in [6, 6.07) is 12.3. The molecule has 0 fully saturated rings. The van der Waals surface area contributed by atoms with E-state index in [1.165, 1.54) is 11.1 Å². The van der Waals surface area contributed by atoms with Gasteiger partial charge in [-0.3, -0.25) is 0 Å². The number of fused-ring (bicyclic) bond motifs is 1. The lowest BCUT2D eigenvalue weighted by atomic mass is 9.98. The monoisotopic (exact) mass is 332 g/mol. The number of aliphatic hydroxyl groups is 1. The lowest BCUT2D eigenvalue weighted by Gasteiger charge is -2.15. The van der Waals surface area contributed by atoms with Crippen LogP contribution in [0.15, 0.2) is 40.9 Å². The van der Waals surface area contributed by atoms with Gasteiger partial charge in [-0.1, -0.05) is 45.8 Å². The van der Waals surface area contributed by atoms with Crippen LogP contribution in [0.25, 0.3) is 0 Å². The van der Waals surface area contributed by atoms with E-state index in [-0.39, 0.29) is 0 Å². The third-order valence-electron chi connectivity index (χ3n) is 3.65. The molecule has 1 aliphatic rings. The SMILES string of the molecule is Cc1cccc(CC(O)c2cc(Br)cc3c2OCC3)c1. The van der Waals surface area contributed by atoms with Gasteiger partial charge >= 0.3 is 0 Å². The second-order valence-electron chi connectivity index (χ2n) is 5.29. The van der Waals surface area contributed by atoms with E-state index in [4.69, 9.17) is 4.74 Å². The number of benzene rings is 2. The molecule has 3 rings (SSSR count). The molecule has 0 saturated carbocycles. The van der Waals surface area contributed by atoms with Crippen molar-refractivity contribution in [3.05, 3.63) is 63.1 Å². The molecule has 1 unspecified atom stereocenters. The van der Waals surface area contributed by atoms with Gasteiger partial charge in [0.25, 0.3) is 0 Å². The van der Waals surface area contributed by atoms with Gasteiger partial charge in [0.1, 0.15) is 5.75 Å². The van der Waals surface area contributed by atoms with Crippen molar-refractivity contribution in [3.8, 4) is 5.75 Å². The van der Waals surface area contributed by atoms with Gasteiger partial charge in [-0.25, -0.2) is 0 Å². The van der Waals surface area contributed by atoms with Gasteiger partial charge in [-0.15, -0.1) is 0 Å².